The molecule has 1 N–H and O–H groups in total. The summed E-state index contributed by atoms with van der Waals surface area (Å²) in [7, 11) is 0. The van der Waals surface area contributed by atoms with Crippen molar-refractivity contribution in [1.29, 1.82) is 0 Å². The van der Waals surface area contributed by atoms with Crippen LogP contribution in [0.1, 0.15) is 18.1 Å². The van der Waals surface area contributed by atoms with Crippen molar-refractivity contribution in [3.05, 3.63) is 63.9 Å². The molecule has 1 aromatic heterocycles. The molecule has 0 radical (unpaired) electrons. The summed E-state index contributed by atoms with van der Waals surface area (Å²) in [6.45, 7) is 1.67. The Morgan fingerprint density at radius 2 is 1.94 bits per heavy atom. The molecule has 0 spiro atoms. The summed E-state index contributed by atoms with van der Waals surface area (Å²) in [5.41, 5.74) is 0.0276. The van der Waals surface area contributed by atoms with E-state index in [1.54, 1.807) is 49.6 Å². The highest BCUT2D eigenvalue weighted by molar-refractivity contribution is 6.42. The summed E-state index contributed by atoms with van der Waals surface area (Å²) in [5.74, 6) is 0. The zero-order chi connectivity index (χ0) is 12.5. The minimum Gasteiger partial charge on any atom is -0.381 e. The molecule has 2 nitrogen and oxygen atoms in total. The van der Waals surface area contributed by atoms with Crippen LogP contribution in [0, 0.1) is 0 Å². The molecular formula is C13H11Cl2NO. The topological polar surface area (TPSA) is 33.1 Å². The van der Waals surface area contributed by atoms with E-state index in [2.05, 4.69) is 4.98 Å². The Hall–Kier alpha value is -1.09. The van der Waals surface area contributed by atoms with Crippen molar-refractivity contribution in [2.45, 2.75) is 12.5 Å². The number of benzene rings is 1. The molecule has 0 saturated carbocycles. The molecule has 0 aliphatic heterocycles. The first-order chi connectivity index (χ1) is 8.03. The fraction of sp³-hybridized carbons (Fsp3) is 0.154. The number of hydrogen-bond donors (Lipinski definition) is 1. The van der Waals surface area contributed by atoms with Crippen LogP contribution in [0.15, 0.2) is 42.7 Å². The lowest BCUT2D eigenvalue weighted by Gasteiger charge is -2.25. The van der Waals surface area contributed by atoms with Crippen LogP contribution in [-0.4, -0.2) is 10.1 Å². The first-order valence-electron chi connectivity index (χ1n) is 5.11. The molecule has 4 heteroatoms. The Balaban J connectivity index is 2.56. The summed E-state index contributed by atoms with van der Waals surface area (Å²) in [4.78, 5) is 3.99. The average Bonchev–Trinajstić information content (AvgIpc) is 2.33. The molecule has 88 valence electrons. The number of hydrogen-bond acceptors (Lipinski definition) is 2. The highest BCUT2D eigenvalue weighted by Crippen LogP contribution is 2.36. The molecular weight excluding hydrogens is 257 g/mol. The fourth-order valence-electron chi connectivity index (χ4n) is 1.69. The van der Waals surface area contributed by atoms with Crippen LogP contribution in [0.5, 0.6) is 0 Å². The Morgan fingerprint density at radius 3 is 2.59 bits per heavy atom. The zero-order valence-corrected chi connectivity index (χ0v) is 10.7. The average molecular weight is 268 g/mol. The lowest BCUT2D eigenvalue weighted by Crippen LogP contribution is -2.23. The molecule has 1 unspecified atom stereocenters. The van der Waals surface area contributed by atoms with Gasteiger partial charge in [-0.1, -0.05) is 41.4 Å². The van der Waals surface area contributed by atoms with Gasteiger partial charge in [0.15, 0.2) is 0 Å². The van der Waals surface area contributed by atoms with E-state index >= 15 is 0 Å². The van der Waals surface area contributed by atoms with Gasteiger partial charge >= 0.3 is 0 Å². The lowest BCUT2D eigenvalue weighted by molar-refractivity contribution is 0.102. The van der Waals surface area contributed by atoms with Gasteiger partial charge in [0.2, 0.25) is 0 Å². The van der Waals surface area contributed by atoms with Crippen LogP contribution in [0.2, 0.25) is 10.0 Å². The van der Waals surface area contributed by atoms with E-state index in [0.717, 1.165) is 0 Å². The number of halogens is 2. The minimum absolute atomic E-state index is 0.364. The monoisotopic (exact) mass is 267 g/mol. The first-order valence-corrected chi connectivity index (χ1v) is 5.86. The Labute approximate surface area is 110 Å². The largest absolute Gasteiger partial charge is 0.381 e. The number of rotatable bonds is 2. The quantitative estimate of drug-likeness (QED) is 0.901. The molecule has 1 heterocycles. The minimum atomic E-state index is -1.21. The van der Waals surface area contributed by atoms with Crippen LogP contribution in [-0.2, 0) is 5.60 Å². The Bertz CT molecular complexity index is 526. The predicted molar refractivity (Wildman–Crippen MR) is 69.4 cm³/mol. The van der Waals surface area contributed by atoms with Crippen molar-refractivity contribution in [3.63, 3.8) is 0 Å². The van der Waals surface area contributed by atoms with Crippen molar-refractivity contribution in [3.8, 4) is 0 Å². The van der Waals surface area contributed by atoms with Gasteiger partial charge in [-0.25, -0.2) is 0 Å². The van der Waals surface area contributed by atoms with Crippen LogP contribution in [0.25, 0.3) is 0 Å². The van der Waals surface area contributed by atoms with Gasteiger partial charge in [0.05, 0.1) is 10.0 Å². The molecule has 0 saturated heterocycles. The molecule has 17 heavy (non-hydrogen) atoms. The second-order valence-electron chi connectivity index (χ2n) is 3.92. The fourth-order valence-corrected chi connectivity index (χ4v) is 2.17. The molecule has 2 aromatic rings. The summed E-state index contributed by atoms with van der Waals surface area (Å²) in [5, 5.41) is 11.4. The SMILES string of the molecule is CC(O)(c1cccnc1)c1cccc(Cl)c1Cl. The van der Waals surface area contributed by atoms with Gasteiger partial charge in [0.25, 0.3) is 0 Å². The molecule has 0 aliphatic rings. The normalized spacial score (nSPS) is 14.4. The number of aliphatic hydroxyl groups is 1. The maximum Gasteiger partial charge on any atom is 0.115 e. The van der Waals surface area contributed by atoms with E-state index < -0.39 is 5.60 Å². The van der Waals surface area contributed by atoms with Crippen molar-refractivity contribution in [2.24, 2.45) is 0 Å². The van der Waals surface area contributed by atoms with Gasteiger partial charge in [-0.3, -0.25) is 4.98 Å². The smallest absolute Gasteiger partial charge is 0.115 e. The second kappa shape index (κ2) is 4.65. The van der Waals surface area contributed by atoms with Crippen LogP contribution < -0.4 is 0 Å². The van der Waals surface area contributed by atoms with E-state index in [9.17, 15) is 5.11 Å². The van der Waals surface area contributed by atoms with Crippen molar-refractivity contribution >= 4 is 23.2 Å². The van der Waals surface area contributed by atoms with Crippen LogP contribution in [0.3, 0.4) is 0 Å². The van der Waals surface area contributed by atoms with Crippen LogP contribution >= 0.6 is 23.2 Å². The molecule has 0 amide bonds. The van der Waals surface area contributed by atoms with Gasteiger partial charge in [0.1, 0.15) is 5.60 Å². The Kier molecular flexibility index (Phi) is 3.38. The van der Waals surface area contributed by atoms with E-state index in [1.807, 2.05) is 0 Å². The van der Waals surface area contributed by atoms with Crippen molar-refractivity contribution in [2.75, 3.05) is 0 Å². The molecule has 2 rings (SSSR count). The second-order valence-corrected chi connectivity index (χ2v) is 4.70. The number of nitrogens with zero attached hydrogens (tertiary/aromatic N) is 1. The molecule has 1 atom stereocenters. The highest BCUT2D eigenvalue weighted by atomic mass is 35.5. The lowest BCUT2D eigenvalue weighted by atomic mass is 9.89. The third-order valence-corrected chi connectivity index (χ3v) is 3.52. The van der Waals surface area contributed by atoms with E-state index in [1.165, 1.54) is 0 Å². The van der Waals surface area contributed by atoms with Gasteiger partial charge < -0.3 is 5.11 Å². The molecule has 0 bridgehead atoms. The summed E-state index contributed by atoms with van der Waals surface area (Å²) in [6, 6.07) is 8.76. The van der Waals surface area contributed by atoms with Gasteiger partial charge in [-0.15, -0.1) is 0 Å². The maximum absolute atomic E-state index is 10.6. The van der Waals surface area contributed by atoms with Gasteiger partial charge in [-0.05, 0) is 19.1 Å². The van der Waals surface area contributed by atoms with E-state index in [-0.39, 0.29) is 0 Å². The molecule has 0 fully saturated rings. The zero-order valence-electron chi connectivity index (χ0n) is 9.19. The highest BCUT2D eigenvalue weighted by Gasteiger charge is 2.28. The van der Waals surface area contributed by atoms with Crippen molar-refractivity contribution < 1.29 is 5.11 Å². The van der Waals surface area contributed by atoms with E-state index in [4.69, 9.17) is 23.2 Å². The van der Waals surface area contributed by atoms with Gasteiger partial charge in [-0.2, -0.15) is 0 Å². The maximum atomic E-state index is 10.6. The summed E-state index contributed by atoms with van der Waals surface area (Å²) in [6.07, 6.45) is 3.26. The summed E-state index contributed by atoms with van der Waals surface area (Å²) < 4.78 is 0. The van der Waals surface area contributed by atoms with E-state index in [0.29, 0.717) is 21.2 Å². The Morgan fingerprint density at radius 1 is 1.18 bits per heavy atom. The molecule has 0 aliphatic carbocycles. The third kappa shape index (κ3) is 2.29. The number of pyridine rings is 1. The third-order valence-electron chi connectivity index (χ3n) is 2.70. The predicted octanol–water partition coefficient (Wildman–Crippen LogP) is 3.64. The standard InChI is InChI=1S/C13H11Cl2NO/c1-13(17,9-4-3-7-16-8-9)10-5-2-6-11(14)12(10)15/h2-8,17H,1H3. The summed E-state index contributed by atoms with van der Waals surface area (Å²) >= 11 is 12.1. The van der Waals surface area contributed by atoms with Crippen molar-refractivity contribution in [1.82, 2.24) is 4.98 Å². The van der Waals surface area contributed by atoms with Gasteiger partial charge in [0, 0.05) is 23.5 Å². The molecule has 1 aromatic carbocycles. The number of aromatic nitrogens is 1. The van der Waals surface area contributed by atoms with Crippen LogP contribution in [0.4, 0.5) is 0 Å². The first kappa shape index (κ1) is 12.4.